The highest BCUT2D eigenvalue weighted by Gasteiger charge is 2.26. The maximum absolute atomic E-state index is 10.5. The van der Waals surface area contributed by atoms with Crippen LogP contribution in [-0.2, 0) is 5.60 Å². The number of benzene rings is 1. The van der Waals surface area contributed by atoms with E-state index < -0.39 is 5.60 Å². The van der Waals surface area contributed by atoms with Crippen LogP contribution in [0.5, 0.6) is 0 Å². The fraction of sp³-hybridized carbons (Fsp3) is 0.538. The monoisotopic (exact) mass is 226 g/mol. The first kappa shape index (κ1) is 12.5. The Morgan fingerprint density at radius 2 is 1.80 bits per heavy atom. The van der Waals surface area contributed by atoms with Gasteiger partial charge in [0, 0.05) is 5.02 Å². The van der Waals surface area contributed by atoms with Gasteiger partial charge in [-0.05, 0) is 30.5 Å². The third-order valence-corrected chi connectivity index (χ3v) is 2.92. The second kappa shape index (κ2) is 5.53. The normalized spacial score (nSPS) is 11.7. The fourth-order valence-electron chi connectivity index (χ4n) is 2.02. The zero-order chi connectivity index (χ0) is 11.3. The molecule has 0 saturated heterocycles. The second-order valence-electron chi connectivity index (χ2n) is 4.04. The molecule has 0 saturated carbocycles. The molecule has 0 heterocycles. The van der Waals surface area contributed by atoms with Crippen molar-refractivity contribution >= 4 is 11.6 Å². The van der Waals surface area contributed by atoms with Crippen molar-refractivity contribution in [1.82, 2.24) is 0 Å². The molecule has 0 spiro atoms. The van der Waals surface area contributed by atoms with Crippen LogP contribution < -0.4 is 0 Å². The van der Waals surface area contributed by atoms with Gasteiger partial charge in [0.05, 0.1) is 5.60 Å². The lowest BCUT2D eigenvalue weighted by Crippen LogP contribution is -2.25. The Hall–Kier alpha value is -0.530. The van der Waals surface area contributed by atoms with E-state index >= 15 is 0 Å². The smallest absolute Gasteiger partial charge is 0.0896 e. The minimum atomic E-state index is -0.700. The van der Waals surface area contributed by atoms with E-state index in [9.17, 15) is 5.11 Å². The van der Waals surface area contributed by atoms with Crippen LogP contribution in [0.1, 0.15) is 45.1 Å². The minimum Gasteiger partial charge on any atom is -0.385 e. The highest BCUT2D eigenvalue weighted by Crippen LogP contribution is 2.32. The van der Waals surface area contributed by atoms with Crippen LogP contribution in [-0.4, -0.2) is 5.11 Å². The molecular formula is C13H19ClO. The first-order chi connectivity index (χ1) is 7.12. The van der Waals surface area contributed by atoms with Crippen LogP contribution in [0, 0.1) is 0 Å². The van der Waals surface area contributed by atoms with Gasteiger partial charge in [0.25, 0.3) is 0 Å². The van der Waals surface area contributed by atoms with Crippen molar-refractivity contribution in [2.24, 2.45) is 0 Å². The molecule has 0 unspecified atom stereocenters. The summed E-state index contributed by atoms with van der Waals surface area (Å²) < 4.78 is 0. The molecule has 0 aliphatic heterocycles. The lowest BCUT2D eigenvalue weighted by molar-refractivity contribution is 0.0170. The fourth-order valence-corrected chi connectivity index (χ4v) is 2.21. The van der Waals surface area contributed by atoms with Crippen molar-refractivity contribution in [3.8, 4) is 0 Å². The SMILES string of the molecule is CCCC(O)(CCC)c1cccc(Cl)c1. The lowest BCUT2D eigenvalue weighted by Gasteiger charge is -2.28. The van der Waals surface area contributed by atoms with Gasteiger partial charge in [0.2, 0.25) is 0 Å². The molecule has 1 rings (SSSR count). The van der Waals surface area contributed by atoms with Gasteiger partial charge in [-0.2, -0.15) is 0 Å². The summed E-state index contributed by atoms with van der Waals surface area (Å²) in [6, 6.07) is 7.56. The summed E-state index contributed by atoms with van der Waals surface area (Å²) in [5, 5.41) is 11.2. The molecule has 0 amide bonds. The summed E-state index contributed by atoms with van der Waals surface area (Å²) >= 11 is 5.94. The summed E-state index contributed by atoms with van der Waals surface area (Å²) in [5.74, 6) is 0. The predicted octanol–water partition coefficient (Wildman–Crippen LogP) is 4.13. The van der Waals surface area contributed by atoms with E-state index in [0.29, 0.717) is 5.02 Å². The Labute approximate surface area is 97.1 Å². The summed E-state index contributed by atoms with van der Waals surface area (Å²) in [6.45, 7) is 4.18. The predicted molar refractivity (Wildman–Crippen MR) is 65.2 cm³/mol. The van der Waals surface area contributed by atoms with E-state index in [2.05, 4.69) is 13.8 Å². The Morgan fingerprint density at radius 1 is 1.20 bits per heavy atom. The molecule has 0 atom stereocenters. The molecule has 2 heteroatoms. The van der Waals surface area contributed by atoms with E-state index in [0.717, 1.165) is 31.2 Å². The molecule has 0 aliphatic carbocycles. The molecule has 15 heavy (non-hydrogen) atoms. The average molecular weight is 227 g/mol. The van der Waals surface area contributed by atoms with Gasteiger partial charge in [-0.25, -0.2) is 0 Å². The van der Waals surface area contributed by atoms with Gasteiger partial charge in [-0.3, -0.25) is 0 Å². The van der Waals surface area contributed by atoms with Gasteiger partial charge in [0.15, 0.2) is 0 Å². The minimum absolute atomic E-state index is 0.693. The summed E-state index contributed by atoms with van der Waals surface area (Å²) in [7, 11) is 0. The van der Waals surface area contributed by atoms with Gasteiger partial charge >= 0.3 is 0 Å². The first-order valence-electron chi connectivity index (χ1n) is 5.61. The molecule has 1 aromatic carbocycles. The summed E-state index contributed by atoms with van der Waals surface area (Å²) in [5.41, 5.74) is 0.243. The average Bonchev–Trinajstić information content (AvgIpc) is 2.18. The lowest BCUT2D eigenvalue weighted by atomic mass is 9.85. The summed E-state index contributed by atoms with van der Waals surface area (Å²) in [6.07, 6.45) is 3.54. The van der Waals surface area contributed by atoms with E-state index in [-0.39, 0.29) is 0 Å². The molecule has 1 N–H and O–H groups in total. The Morgan fingerprint density at radius 3 is 2.27 bits per heavy atom. The van der Waals surface area contributed by atoms with Crippen molar-refractivity contribution < 1.29 is 5.11 Å². The Balaban J connectivity index is 2.97. The van der Waals surface area contributed by atoms with Gasteiger partial charge in [0.1, 0.15) is 0 Å². The van der Waals surface area contributed by atoms with Crippen LogP contribution >= 0.6 is 11.6 Å². The maximum atomic E-state index is 10.5. The zero-order valence-corrected chi connectivity index (χ0v) is 10.2. The van der Waals surface area contributed by atoms with E-state index in [1.54, 1.807) is 0 Å². The van der Waals surface area contributed by atoms with Gasteiger partial charge in [-0.15, -0.1) is 0 Å². The second-order valence-corrected chi connectivity index (χ2v) is 4.48. The molecule has 0 aliphatic rings. The number of rotatable bonds is 5. The molecule has 0 radical (unpaired) electrons. The van der Waals surface area contributed by atoms with E-state index in [1.165, 1.54) is 0 Å². The Kier molecular flexibility index (Phi) is 4.62. The van der Waals surface area contributed by atoms with Crippen LogP contribution in [0.4, 0.5) is 0 Å². The molecule has 0 aromatic heterocycles. The molecular weight excluding hydrogens is 208 g/mol. The third kappa shape index (κ3) is 3.22. The standard InChI is InChI=1S/C13H19ClO/c1-3-8-13(15,9-4-2)11-6-5-7-12(14)10-11/h5-7,10,15H,3-4,8-9H2,1-2H3. The number of halogens is 1. The molecule has 0 bridgehead atoms. The van der Waals surface area contributed by atoms with Crippen molar-refractivity contribution in [2.45, 2.75) is 45.1 Å². The van der Waals surface area contributed by atoms with Crippen molar-refractivity contribution in [1.29, 1.82) is 0 Å². The number of hydrogen-bond donors (Lipinski definition) is 1. The number of hydrogen-bond acceptors (Lipinski definition) is 1. The van der Waals surface area contributed by atoms with E-state index in [4.69, 9.17) is 11.6 Å². The van der Waals surface area contributed by atoms with Crippen LogP contribution in [0.25, 0.3) is 0 Å². The highest BCUT2D eigenvalue weighted by atomic mass is 35.5. The zero-order valence-electron chi connectivity index (χ0n) is 9.46. The molecule has 1 nitrogen and oxygen atoms in total. The van der Waals surface area contributed by atoms with Crippen molar-refractivity contribution in [2.75, 3.05) is 0 Å². The molecule has 84 valence electrons. The largest absolute Gasteiger partial charge is 0.385 e. The van der Waals surface area contributed by atoms with Crippen molar-refractivity contribution in [3.05, 3.63) is 34.9 Å². The van der Waals surface area contributed by atoms with Crippen molar-refractivity contribution in [3.63, 3.8) is 0 Å². The van der Waals surface area contributed by atoms with Crippen LogP contribution in [0.2, 0.25) is 5.02 Å². The first-order valence-corrected chi connectivity index (χ1v) is 5.98. The summed E-state index contributed by atoms with van der Waals surface area (Å²) in [4.78, 5) is 0. The van der Waals surface area contributed by atoms with E-state index in [1.807, 2.05) is 24.3 Å². The molecule has 0 fully saturated rings. The highest BCUT2D eigenvalue weighted by molar-refractivity contribution is 6.30. The maximum Gasteiger partial charge on any atom is 0.0896 e. The Bertz CT molecular complexity index is 303. The third-order valence-electron chi connectivity index (χ3n) is 2.69. The van der Waals surface area contributed by atoms with Crippen LogP contribution in [0.3, 0.4) is 0 Å². The quantitative estimate of drug-likeness (QED) is 0.801. The number of aliphatic hydroxyl groups is 1. The molecule has 1 aromatic rings. The van der Waals surface area contributed by atoms with Gasteiger partial charge in [-0.1, -0.05) is 50.4 Å². The topological polar surface area (TPSA) is 20.2 Å². The van der Waals surface area contributed by atoms with Crippen LogP contribution in [0.15, 0.2) is 24.3 Å². The van der Waals surface area contributed by atoms with Gasteiger partial charge < -0.3 is 5.11 Å².